The first-order valence-electron chi connectivity index (χ1n) is 9.78. The van der Waals surface area contributed by atoms with E-state index < -0.39 is 0 Å². The van der Waals surface area contributed by atoms with Crippen molar-refractivity contribution in [1.82, 2.24) is 0 Å². The lowest BCUT2D eigenvalue weighted by Crippen LogP contribution is -1.98. The molecule has 0 aliphatic rings. The van der Waals surface area contributed by atoms with Gasteiger partial charge < -0.3 is 5.11 Å². The van der Waals surface area contributed by atoms with Gasteiger partial charge >= 0.3 is 0 Å². The van der Waals surface area contributed by atoms with Gasteiger partial charge in [0.15, 0.2) is 0 Å². The van der Waals surface area contributed by atoms with E-state index in [4.69, 9.17) is 5.11 Å². The Bertz CT molecular complexity index is 946. The number of thiophene rings is 1. The summed E-state index contributed by atoms with van der Waals surface area (Å²) in [5, 5.41) is 22.4. The van der Waals surface area contributed by atoms with E-state index in [1.165, 1.54) is 4.88 Å². The van der Waals surface area contributed by atoms with Crippen LogP contribution in [0.4, 0.5) is 0 Å². The fourth-order valence-electron chi connectivity index (χ4n) is 2.82. The van der Waals surface area contributed by atoms with E-state index in [1.54, 1.807) is 23.1 Å². The van der Waals surface area contributed by atoms with Gasteiger partial charge in [-0.05, 0) is 48.4 Å². The Morgan fingerprint density at radius 3 is 2.63 bits per heavy atom. The van der Waals surface area contributed by atoms with Crippen LogP contribution >= 0.6 is 34.9 Å². The van der Waals surface area contributed by atoms with E-state index in [0.717, 1.165) is 39.5 Å². The third-order valence-corrected chi connectivity index (χ3v) is 7.91. The van der Waals surface area contributed by atoms with Gasteiger partial charge in [0.2, 0.25) is 0 Å². The SMILES string of the molecule is C=C=C(SCSC(C)CCCO)C(C#N)=C(C=C(C)c1cccs1)c1ccccc1. The van der Waals surface area contributed by atoms with Crippen LogP contribution in [0.15, 0.2) is 76.7 Å². The molecule has 0 radical (unpaired) electrons. The summed E-state index contributed by atoms with van der Waals surface area (Å²) < 4.78 is 0. The second kappa shape index (κ2) is 13.4. The quantitative estimate of drug-likeness (QED) is 0.167. The molecule has 1 heterocycles. The predicted octanol–water partition coefficient (Wildman–Crippen LogP) is 7.38. The zero-order valence-corrected chi connectivity index (χ0v) is 19.9. The lowest BCUT2D eigenvalue weighted by molar-refractivity contribution is 0.284. The van der Waals surface area contributed by atoms with E-state index in [2.05, 4.69) is 49.7 Å². The zero-order chi connectivity index (χ0) is 21.8. The van der Waals surface area contributed by atoms with Crippen molar-refractivity contribution in [2.45, 2.75) is 31.9 Å². The maximum atomic E-state index is 10.1. The summed E-state index contributed by atoms with van der Waals surface area (Å²) in [5.74, 6) is 0. The van der Waals surface area contributed by atoms with Gasteiger partial charge in [0.25, 0.3) is 0 Å². The Kier molecular flexibility index (Phi) is 10.9. The van der Waals surface area contributed by atoms with Crippen molar-refractivity contribution in [3.8, 4) is 6.07 Å². The molecule has 0 aliphatic carbocycles. The zero-order valence-electron chi connectivity index (χ0n) is 17.4. The molecule has 30 heavy (non-hydrogen) atoms. The van der Waals surface area contributed by atoms with E-state index in [9.17, 15) is 5.26 Å². The van der Waals surface area contributed by atoms with Crippen LogP contribution in [0.5, 0.6) is 0 Å². The monoisotopic (exact) mass is 453 g/mol. The summed E-state index contributed by atoms with van der Waals surface area (Å²) in [5.41, 5.74) is 6.61. The van der Waals surface area contributed by atoms with Crippen LogP contribution in [0.2, 0.25) is 0 Å². The van der Waals surface area contributed by atoms with Crippen molar-refractivity contribution < 1.29 is 5.11 Å². The Morgan fingerprint density at radius 2 is 2.03 bits per heavy atom. The number of thioether (sulfide) groups is 2. The highest BCUT2D eigenvalue weighted by molar-refractivity contribution is 8.18. The van der Waals surface area contributed by atoms with Crippen LogP contribution < -0.4 is 0 Å². The molecule has 1 unspecified atom stereocenters. The van der Waals surface area contributed by atoms with E-state index in [0.29, 0.717) is 10.8 Å². The Hall–Kier alpha value is -1.93. The maximum Gasteiger partial charge on any atom is 0.102 e. The second-order valence-electron chi connectivity index (χ2n) is 6.68. The molecule has 0 bridgehead atoms. The van der Waals surface area contributed by atoms with E-state index in [1.807, 2.05) is 48.2 Å². The topological polar surface area (TPSA) is 44.0 Å². The largest absolute Gasteiger partial charge is 0.396 e. The third kappa shape index (κ3) is 7.40. The number of aliphatic hydroxyl groups excluding tert-OH is 1. The minimum atomic E-state index is 0.230. The molecule has 0 saturated carbocycles. The molecule has 1 aromatic heterocycles. The Balaban J connectivity index is 2.35. The summed E-state index contributed by atoms with van der Waals surface area (Å²) in [7, 11) is 0. The summed E-state index contributed by atoms with van der Waals surface area (Å²) >= 11 is 5.12. The molecular formula is C25H27NOS3. The average molecular weight is 454 g/mol. The van der Waals surface area contributed by atoms with Gasteiger partial charge in [-0.1, -0.05) is 49.9 Å². The fraction of sp³-hybridized carbons (Fsp3) is 0.280. The van der Waals surface area contributed by atoms with Gasteiger partial charge in [-0.25, -0.2) is 0 Å². The van der Waals surface area contributed by atoms with Crippen molar-refractivity contribution in [2.24, 2.45) is 0 Å². The molecule has 0 spiro atoms. The summed E-state index contributed by atoms with van der Waals surface area (Å²) in [4.78, 5) is 1.96. The highest BCUT2D eigenvalue weighted by atomic mass is 32.2. The lowest BCUT2D eigenvalue weighted by Gasteiger charge is -2.13. The molecule has 156 valence electrons. The van der Waals surface area contributed by atoms with Crippen molar-refractivity contribution in [1.29, 1.82) is 5.26 Å². The molecule has 0 saturated heterocycles. The molecule has 2 rings (SSSR count). The van der Waals surface area contributed by atoms with E-state index in [-0.39, 0.29) is 6.61 Å². The van der Waals surface area contributed by atoms with Crippen molar-refractivity contribution in [2.75, 3.05) is 11.7 Å². The molecule has 0 aliphatic heterocycles. The third-order valence-electron chi connectivity index (χ3n) is 4.45. The molecule has 2 nitrogen and oxygen atoms in total. The van der Waals surface area contributed by atoms with Crippen molar-refractivity contribution in [3.05, 3.63) is 87.1 Å². The van der Waals surface area contributed by atoms with Gasteiger partial charge in [-0.15, -0.1) is 40.6 Å². The van der Waals surface area contributed by atoms with Crippen LogP contribution in [0.1, 0.15) is 37.1 Å². The van der Waals surface area contributed by atoms with Crippen molar-refractivity contribution in [3.63, 3.8) is 0 Å². The summed E-state index contributed by atoms with van der Waals surface area (Å²) in [6.45, 7) is 8.33. The van der Waals surface area contributed by atoms with Crippen LogP contribution in [0, 0.1) is 11.3 Å². The highest BCUT2D eigenvalue weighted by Gasteiger charge is 2.14. The lowest BCUT2D eigenvalue weighted by atomic mass is 9.97. The number of rotatable bonds is 11. The number of nitriles is 1. The second-order valence-corrected chi connectivity index (χ2v) is 10.4. The van der Waals surface area contributed by atoms with Gasteiger partial charge in [0.1, 0.15) is 6.07 Å². The molecule has 1 atom stereocenters. The number of allylic oxidation sites excluding steroid dienone is 4. The Labute approximate surface area is 192 Å². The minimum Gasteiger partial charge on any atom is -0.396 e. The van der Waals surface area contributed by atoms with Gasteiger partial charge in [-0.3, -0.25) is 0 Å². The van der Waals surface area contributed by atoms with Gasteiger partial charge in [0.05, 0.1) is 10.5 Å². The average Bonchev–Trinajstić information content (AvgIpc) is 3.31. The van der Waals surface area contributed by atoms with Crippen LogP contribution in [0.3, 0.4) is 0 Å². The first-order chi connectivity index (χ1) is 14.6. The standard InChI is InChI=1S/C25H27NOS3/c1-4-24(30-18-29-20(3)10-8-14-27)23(17-26)22(21-11-6-5-7-12-21)16-19(2)25-13-9-15-28-25/h5-7,9,11-13,15-16,20,27H,1,8,10,14,18H2,2-3H3. The first kappa shape index (κ1) is 24.3. The predicted molar refractivity (Wildman–Crippen MR) is 135 cm³/mol. The van der Waals surface area contributed by atoms with Gasteiger partial charge in [-0.2, -0.15) is 5.26 Å². The van der Waals surface area contributed by atoms with Crippen molar-refractivity contribution >= 4 is 46.0 Å². The number of aliphatic hydroxyl groups is 1. The van der Waals surface area contributed by atoms with Crippen LogP contribution in [0.25, 0.3) is 11.1 Å². The molecular weight excluding hydrogens is 426 g/mol. The number of nitrogens with zero attached hydrogens (tertiary/aromatic N) is 1. The van der Waals surface area contributed by atoms with Crippen LogP contribution in [-0.2, 0) is 0 Å². The maximum absolute atomic E-state index is 10.1. The van der Waals surface area contributed by atoms with Crippen LogP contribution in [-0.4, -0.2) is 22.0 Å². The highest BCUT2D eigenvalue weighted by Crippen LogP contribution is 2.35. The first-order valence-corrected chi connectivity index (χ1v) is 12.7. The summed E-state index contributed by atoms with van der Waals surface area (Å²) in [6, 6.07) is 16.6. The molecule has 5 heteroatoms. The Morgan fingerprint density at radius 1 is 1.27 bits per heavy atom. The number of hydrogen-bond donors (Lipinski definition) is 1. The van der Waals surface area contributed by atoms with Gasteiger partial charge in [0, 0.05) is 27.4 Å². The van der Waals surface area contributed by atoms with E-state index >= 15 is 0 Å². The molecule has 0 fully saturated rings. The fourth-order valence-corrected chi connectivity index (χ4v) is 5.94. The normalized spacial score (nSPS) is 13.2. The molecule has 1 N–H and O–H groups in total. The number of benzene rings is 1. The molecule has 1 aromatic carbocycles. The smallest absolute Gasteiger partial charge is 0.102 e. The molecule has 2 aromatic rings. The number of hydrogen-bond acceptors (Lipinski definition) is 5. The molecule has 0 amide bonds. The summed E-state index contributed by atoms with van der Waals surface area (Å²) in [6.07, 6.45) is 3.89. The minimum absolute atomic E-state index is 0.230.